The molecule has 1 aromatic rings. The van der Waals surface area contributed by atoms with Gasteiger partial charge in [-0.2, -0.15) is 4.31 Å². The van der Waals surface area contributed by atoms with E-state index in [9.17, 15) is 13.2 Å². The molecular formula is C15H23NO5S. The molecule has 0 aliphatic carbocycles. The first kappa shape index (κ1) is 18.4. The molecule has 1 rings (SSSR count). The van der Waals surface area contributed by atoms with Crippen molar-refractivity contribution in [2.45, 2.75) is 44.6 Å². The lowest BCUT2D eigenvalue weighted by molar-refractivity contribution is -0.137. The Hall–Kier alpha value is -1.60. The lowest BCUT2D eigenvalue weighted by atomic mass is 10.3. The SMILES string of the molecule is CCCN(CCC(=O)O)S(=O)(=O)c1ccc(OC(C)C)cc1. The number of aliphatic carboxylic acids is 1. The zero-order chi connectivity index (χ0) is 16.8. The van der Waals surface area contributed by atoms with Gasteiger partial charge in [0.05, 0.1) is 17.4 Å². The molecular weight excluding hydrogens is 306 g/mol. The lowest BCUT2D eigenvalue weighted by Crippen LogP contribution is -2.33. The summed E-state index contributed by atoms with van der Waals surface area (Å²) in [5.41, 5.74) is 0. The van der Waals surface area contributed by atoms with E-state index in [1.54, 1.807) is 12.1 Å². The Balaban J connectivity index is 2.95. The summed E-state index contributed by atoms with van der Waals surface area (Å²) in [4.78, 5) is 10.8. The Labute approximate surface area is 131 Å². The van der Waals surface area contributed by atoms with Gasteiger partial charge in [0.2, 0.25) is 10.0 Å². The van der Waals surface area contributed by atoms with Crippen molar-refractivity contribution in [3.8, 4) is 5.75 Å². The third-order valence-electron chi connectivity index (χ3n) is 2.88. The van der Waals surface area contributed by atoms with E-state index in [2.05, 4.69) is 0 Å². The molecule has 7 heteroatoms. The van der Waals surface area contributed by atoms with Crippen LogP contribution in [0.2, 0.25) is 0 Å². The van der Waals surface area contributed by atoms with Crippen LogP contribution in [0.4, 0.5) is 0 Å². The molecule has 0 heterocycles. The highest BCUT2D eigenvalue weighted by molar-refractivity contribution is 7.89. The Kier molecular flexibility index (Phi) is 6.83. The monoisotopic (exact) mass is 329 g/mol. The van der Waals surface area contributed by atoms with Crippen molar-refractivity contribution in [3.05, 3.63) is 24.3 Å². The molecule has 0 aromatic heterocycles. The molecule has 1 N–H and O–H groups in total. The molecule has 0 fully saturated rings. The smallest absolute Gasteiger partial charge is 0.304 e. The highest BCUT2D eigenvalue weighted by atomic mass is 32.2. The summed E-state index contributed by atoms with van der Waals surface area (Å²) in [5, 5.41) is 8.75. The highest BCUT2D eigenvalue weighted by Gasteiger charge is 2.24. The zero-order valence-electron chi connectivity index (χ0n) is 13.2. The summed E-state index contributed by atoms with van der Waals surface area (Å²) < 4.78 is 31.8. The summed E-state index contributed by atoms with van der Waals surface area (Å²) in [5.74, 6) is -0.418. The van der Waals surface area contributed by atoms with Gasteiger partial charge in [-0.1, -0.05) is 6.92 Å². The fourth-order valence-electron chi connectivity index (χ4n) is 1.93. The van der Waals surface area contributed by atoms with Crippen LogP contribution in [0.3, 0.4) is 0 Å². The lowest BCUT2D eigenvalue weighted by Gasteiger charge is -2.21. The first-order valence-corrected chi connectivity index (χ1v) is 8.70. The van der Waals surface area contributed by atoms with Crippen molar-refractivity contribution in [1.29, 1.82) is 0 Å². The number of carbonyl (C=O) groups is 1. The first-order chi connectivity index (χ1) is 10.3. The normalized spacial score (nSPS) is 11.9. The predicted octanol–water partition coefficient (Wildman–Crippen LogP) is 2.35. The molecule has 124 valence electrons. The third kappa shape index (κ3) is 5.31. The number of carboxylic acids is 1. The second-order valence-electron chi connectivity index (χ2n) is 5.19. The summed E-state index contributed by atoms with van der Waals surface area (Å²) in [6.45, 7) is 5.89. The van der Waals surface area contributed by atoms with Crippen LogP contribution >= 0.6 is 0 Å². The molecule has 0 aliphatic heterocycles. The van der Waals surface area contributed by atoms with Gasteiger partial charge in [0, 0.05) is 13.1 Å². The number of hydrogen-bond donors (Lipinski definition) is 1. The van der Waals surface area contributed by atoms with Crippen LogP contribution in [0.1, 0.15) is 33.6 Å². The second kappa shape index (κ2) is 8.14. The summed E-state index contributed by atoms with van der Waals surface area (Å²) in [7, 11) is -3.69. The largest absolute Gasteiger partial charge is 0.491 e. The van der Waals surface area contributed by atoms with Gasteiger partial charge in [0.25, 0.3) is 0 Å². The van der Waals surface area contributed by atoms with Crippen molar-refractivity contribution >= 4 is 16.0 Å². The van der Waals surface area contributed by atoms with Crippen molar-refractivity contribution < 1.29 is 23.1 Å². The molecule has 0 radical (unpaired) electrons. The topological polar surface area (TPSA) is 83.9 Å². The molecule has 22 heavy (non-hydrogen) atoms. The van der Waals surface area contributed by atoms with Gasteiger partial charge in [-0.3, -0.25) is 4.79 Å². The Bertz CT molecular complexity index is 580. The maximum absolute atomic E-state index is 12.6. The first-order valence-electron chi connectivity index (χ1n) is 7.26. The number of nitrogens with zero attached hydrogens (tertiary/aromatic N) is 1. The van der Waals surface area contributed by atoms with Gasteiger partial charge in [-0.05, 0) is 44.5 Å². The number of rotatable bonds is 9. The van der Waals surface area contributed by atoms with Gasteiger partial charge in [-0.25, -0.2) is 8.42 Å². The van der Waals surface area contributed by atoms with Crippen molar-refractivity contribution in [2.24, 2.45) is 0 Å². The maximum atomic E-state index is 12.6. The van der Waals surface area contributed by atoms with E-state index in [0.717, 1.165) is 0 Å². The van der Waals surface area contributed by atoms with Crippen molar-refractivity contribution in [1.82, 2.24) is 4.31 Å². The average Bonchev–Trinajstić information content (AvgIpc) is 2.43. The number of sulfonamides is 1. The van der Waals surface area contributed by atoms with Crippen LogP contribution < -0.4 is 4.74 Å². The highest BCUT2D eigenvalue weighted by Crippen LogP contribution is 2.20. The van der Waals surface area contributed by atoms with E-state index >= 15 is 0 Å². The standard InChI is InChI=1S/C15H23NO5S/c1-4-10-16(11-9-15(17)18)22(19,20)14-7-5-13(6-8-14)21-12(2)3/h5-8,12H,4,9-11H2,1-3H3,(H,17,18). The van der Waals surface area contributed by atoms with Gasteiger partial charge in [0.15, 0.2) is 0 Å². The maximum Gasteiger partial charge on any atom is 0.304 e. The van der Waals surface area contributed by atoms with Gasteiger partial charge in [-0.15, -0.1) is 0 Å². The van der Waals surface area contributed by atoms with E-state index in [4.69, 9.17) is 9.84 Å². The van der Waals surface area contributed by atoms with Crippen LogP contribution in [0.15, 0.2) is 29.2 Å². The molecule has 0 amide bonds. The third-order valence-corrected chi connectivity index (χ3v) is 4.79. The van der Waals surface area contributed by atoms with E-state index in [1.807, 2.05) is 20.8 Å². The van der Waals surface area contributed by atoms with E-state index in [1.165, 1.54) is 16.4 Å². The van der Waals surface area contributed by atoms with E-state index in [-0.39, 0.29) is 24.0 Å². The van der Waals surface area contributed by atoms with Crippen LogP contribution in [0.25, 0.3) is 0 Å². The van der Waals surface area contributed by atoms with Crippen LogP contribution in [-0.2, 0) is 14.8 Å². The van der Waals surface area contributed by atoms with Crippen molar-refractivity contribution in [2.75, 3.05) is 13.1 Å². The van der Waals surface area contributed by atoms with Gasteiger partial charge < -0.3 is 9.84 Å². The van der Waals surface area contributed by atoms with Gasteiger partial charge >= 0.3 is 5.97 Å². The number of benzene rings is 1. The quantitative estimate of drug-likeness (QED) is 0.752. The van der Waals surface area contributed by atoms with Gasteiger partial charge in [0.1, 0.15) is 5.75 Å². The molecule has 0 saturated heterocycles. The minimum atomic E-state index is -3.69. The predicted molar refractivity (Wildman–Crippen MR) is 83.5 cm³/mol. The minimum absolute atomic E-state index is 0.00890. The van der Waals surface area contributed by atoms with E-state index < -0.39 is 16.0 Å². The summed E-state index contributed by atoms with van der Waals surface area (Å²) in [6, 6.07) is 6.18. The molecule has 0 saturated carbocycles. The van der Waals surface area contributed by atoms with Crippen LogP contribution in [0, 0.1) is 0 Å². The van der Waals surface area contributed by atoms with Crippen LogP contribution in [0.5, 0.6) is 5.75 Å². The minimum Gasteiger partial charge on any atom is -0.491 e. The Morgan fingerprint density at radius 3 is 2.27 bits per heavy atom. The molecule has 0 unspecified atom stereocenters. The van der Waals surface area contributed by atoms with Crippen LogP contribution in [-0.4, -0.2) is 43.0 Å². The number of carboxylic acid groups (broad SMARTS) is 1. The molecule has 0 atom stereocenters. The average molecular weight is 329 g/mol. The Morgan fingerprint density at radius 2 is 1.82 bits per heavy atom. The summed E-state index contributed by atoms with van der Waals surface area (Å²) in [6.07, 6.45) is 0.413. The fraction of sp³-hybridized carbons (Fsp3) is 0.533. The molecule has 0 spiro atoms. The molecule has 1 aromatic carbocycles. The number of hydrogen-bond acceptors (Lipinski definition) is 4. The summed E-state index contributed by atoms with van der Waals surface area (Å²) >= 11 is 0. The number of ether oxygens (including phenoxy) is 1. The second-order valence-corrected chi connectivity index (χ2v) is 7.12. The fourth-order valence-corrected chi connectivity index (χ4v) is 3.47. The zero-order valence-corrected chi connectivity index (χ0v) is 14.0. The van der Waals surface area contributed by atoms with E-state index in [0.29, 0.717) is 18.7 Å². The Morgan fingerprint density at radius 1 is 1.23 bits per heavy atom. The molecule has 0 aliphatic rings. The molecule has 6 nitrogen and oxygen atoms in total. The molecule has 0 bridgehead atoms. The van der Waals surface area contributed by atoms with Crippen molar-refractivity contribution in [3.63, 3.8) is 0 Å².